The van der Waals surface area contributed by atoms with Crippen molar-refractivity contribution >= 4 is 11.8 Å². The molecule has 2 unspecified atom stereocenters. The van der Waals surface area contributed by atoms with E-state index >= 15 is 0 Å². The molecular formula is C11H25NOS. The van der Waals surface area contributed by atoms with E-state index in [-0.39, 0.29) is 6.10 Å². The van der Waals surface area contributed by atoms with Crippen LogP contribution in [0.1, 0.15) is 34.1 Å². The van der Waals surface area contributed by atoms with Gasteiger partial charge in [0.15, 0.2) is 0 Å². The molecule has 2 N–H and O–H groups in total. The summed E-state index contributed by atoms with van der Waals surface area (Å²) in [6, 6.07) is 0.553. The Hall–Kier alpha value is 0.270. The number of nitrogens with one attached hydrogen (secondary N) is 1. The lowest BCUT2D eigenvalue weighted by Crippen LogP contribution is -2.30. The average Bonchev–Trinajstić information content (AvgIpc) is 2.02. The van der Waals surface area contributed by atoms with E-state index in [4.69, 9.17) is 5.11 Å². The Labute approximate surface area is 92.9 Å². The van der Waals surface area contributed by atoms with Crippen molar-refractivity contribution < 1.29 is 5.11 Å². The third-order valence-corrected chi connectivity index (χ3v) is 3.51. The third-order valence-electron chi connectivity index (χ3n) is 1.87. The second-order valence-corrected chi connectivity index (χ2v) is 5.50. The summed E-state index contributed by atoms with van der Waals surface area (Å²) in [5, 5.41) is 12.5. The first-order chi connectivity index (χ1) is 6.52. The van der Waals surface area contributed by atoms with E-state index in [0.29, 0.717) is 6.04 Å². The van der Waals surface area contributed by atoms with Crippen LogP contribution < -0.4 is 5.32 Å². The van der Waals surface area contributed by atoms with Crippen LogP contribution in [0.15, 0.2) is 0 Å². The fourth-order valence-electron chi connectivity index (χ4n) is 1.08. The van der Waals surface area contributed by atoms with Crippen LogP contribution >= 0.6 is 11.8 Å². The Kier molecular flexibility index (Phi) is 8.73. The highest BCUT2D eigenvalue weighted by Gasteiger charge is 2.03. The predicted molar refractivity (Wildman–Crippen MR) is 65.9 cm³/mol. The maximum atomic E-state index is 9.07. The number of rotatable bonds is 8. The quantitative estimate of drug-likeness (QED) is 0.656. The number of hydrogen-bond donors (Lipinski definition) is 2. The SMILES string of the molecule is CC(C)CSCC(C)NCCC(C)O. The zero-order valence-electron chi connectivity index (χ0n) is 9.92. The van der Waals surface area contributed by atoms with Gasteiger partial charge in [0.2, 0.25) is 0 Å². The van der Waals surface area contributed by atoms with Gasteiger partial charge in [0, 0.05) is 11.8 Å². The molecule has 0 aromatic carbocycles. The maximum absolute atomic E-state index is 9.07. The molecule has 0 saturated heterocycles. The Morgan fingerprint density at radius 1 is 1.14 bits per heavy atom. The van der Waals surface area contributed by atoms with Crippen molar-refractivity contribution in [3.8, 4) is 0 Å². The molecule has 0 saturated carbocycles. The van der Waals surface area contributed by atoms with E-state index in [1.165, 1.54) is 5.75 Å². The van der Waals surface area contributed by atoms with Crippen LogP contribution in [0.3, 0.4) is 0 Å². The predicted octanol–water partition coefficient (Wildman–Crippen LogP) is 2.12. The molecule has 14 heavy (non-hydrogen) atoms. The lowest BCUT2D eigenvalue weighted by atomic mass is 10.3. The number of aliphatic hydroxyl groups is 1. The van der Waals surface area contributed by atoms with Crippen LogP contribution in [-0.2, 0) is 0 Å². The van der Waals surface area contributed by atoms with E-state index in [0.717, 1.165) is 24.6 Å². The molecule has 2 nitrogen and oxygen atoms in total. The van der Waals surface area contributed by atoms with E-state index in [1.54, 1.807) is 0 Å². The molecule has 86 valence electrons. The van der Waals surface area contributed by atoms with Gasteiger partial charge in [-0.2, -0.15) is 11.8 Å². The van der Waals surface area contributed by atoms with Gasteiger partial charge in [-0.05, 0) is 38.5 Å². The average molecular weight is 219 g/mol. The molecule has 0 aliphatic carbocycles. The van der Waals surface area contributed by atoms with E-state index < -0.39 is 0 Å². The zero-order chi connectivity index (χ0) is 11.0. The third kappa shape index (κ3) is 10.4. The molecule has 0 bridgehead atoms. The lowest BCUT2D eigenvalue weighted by molar-refractivity contribution is 0.183. The molecule has 0 aliphatic rings. The van der Waals surface area contributed by atoms with Crippen LogP contribution in [0.2, 0.25) is 0 Å². The van der Waals surface area contributed by atoms with Crippen molar-refractivity contribution in [2.45, 2.75) is 46.3 Å². The summed E-state index contributed by atoms with van der Waals surface area (Å²) in [5.41, 5.74) is 0. The fourth-order valence-corrected chi connectivity index (χ4v) is 2.16. The zero-order valence-corrected chi connectivity index (χ0v) is 10.7. The summed E-state index contributed by atoms with van der Waals surface area (Å²) in [5.74, 6) is 3.19. The fraction of sp³-hybridized carbons (Fsp3) is 1.00. The highest BCUT2D eigenvalue weighted by atomic mass is 32.2. The summed E-state index contributed by atoms with van der Waals surface area (Å²) < 4.78 is 0. The normalized spacial score (nSPS) is 15.9. The first-order valence-electron chi connectivity index (χ1n) is 5.51. The first-order valence-corrected chi connectivity index (χ1v) is 6.67. The van der Waals surface area contributed by atoms with Crippen molar-refractivity contribution in [3.63, 3.8) is 0 Å². The minimum atomic E-state index is -0.182. The minimum absolute atomic E-state index is 0.182. The lowest BCUT2D eigenvalue weighted by Gasteiger charge is -2.14. The van der Waals surface area contributed by atoms with Gasteiger partial charge in [0.25, 0.3) is 0 Å². The van der Waals surface area contributed by atoms with Crippen LogP contribution in [-0.4, -0.2) is 35.3 Å². The standard InChI is InChI=1S/C11H25NOS/c1-9(2)7-14-8-10(3)12-6-5-11(4)13/h9-13H,5-8H2,1-4H3. The van der Waals surface area contributed by atoms with Gasteiger partial charge in [-0.1, -0.05) is 13.8 Å². The van der Waals surface area contributed by atoms with Gasteiger partial charge in [0.05, 0.1) is 6.10 Å². The van der Waals surface area contributed by atoms with Crippen LogP contribution in [0.5, 0.6) is 0 Å². The van der Waals surface area contributed by atoms with Gasteiger partial charge in [-0.3, -0.25) is 0 Å². The summed E-state index contributed by atoms with van der Waals surface area (Å²) in [6.45, 7) is 9.45. The smallest absolute Gasteiger partial charge is 0.0524 e. The molecule has 0 spiro atoms. The number of hydrogen-bond acceptors (Lipinski definition) is 3. The summed E-state index contributed by atoms with van der Waals surface area (Å²) >= 11 is 2.00. The number of aliphatic hydroxyl groups excluding tert-OH is 1. The van der Waals surface area contributed by atoms with Crippen molar-refractivity contribution in [2.24, 2.45) is 5.92 Å². The summed E-state index contributed by atoms with van der Waals surface area (Å²) in [6.07, 6.45) is 0.664. The minimum Gasteiger partial charge on any atom is -0.393 e. The summed E-state index contributed by atoms with van der Waals surface area (Å²) in [7, 11) is 0. The van der Waals surface area contributed by atoms with Crippen molar-refractivity contribution in [2.75, 3.05) is 18.1 Å². The molecule has 2 atom stereocenters. The molecular weight excluding hydrogens is 194 g/mol. The highest BCUT2D eigenvalue weighted by molar-refractivity contribution is 7.99. The number of thioether (sulfide) groups is 1. The van der Waals surface area contributed by atoms with Crippen molar-refractivity contribution in [1.82, 2.24) is 5.32 Å². The largest absolute Gasteiger partial charge is 0.393 e. The molecule has 0 aromatic rings. The highest BCUT2D eigenvalue weighted by Crippen LogP contribution is 2.08. The monoisotopic (exact) mass is 219 g/mol. The van der Waals surface area contributed by atoms with Gasteiger partial charge >= 0.3 is 0 Å². The van der Waals surface area contributed by atoms with E-state index in [1.807, 2.05) is 18.7 Å². The maximum Gasteiger partial charge on any atom is 0.0524 e. The van der Waals surface area contributed by atoms with E-state index in [9.17, 15) is 0 Å². The molecule has 0 heterocycles. The van der Waals surface area contributed by atoms with Crippen LogP contribution in [0.25, 0.3) is 0 Å². The second kappa shape index (κ2) is 8.57. The van der Waals surface area contributed by atoms with Gasteiger partial charge < -0.3 is 10.4 Å². The van der Waals surface area contributed by atoms with Crippen LogP contribution in [0.4, 0.5) is 0 Å². The Bertz CT molecular complexity index is 114. The van der Waals surface area contributed by atoms with Gasteiger partial charge in [-0.15, -0.1) is 0 Å². The topological polar surface area (TPSA) is 32.3 Å². The molecule has 0 radical (unpaired) electrons. The first kappa shape index (κ1) is 14.3. The van der Waals surface area contributed by atoms with Crippen LogP contribution in [0, 0.1) is 5.92 Å². The molecule has 0 amide bonds. The Morgan fingerprint density at radius 3 is 2.29 bits per heavy atom. The second-order valence-electron chi connectivity index (χ2n) is 4.42. The van der Waals surface area contributed by atoms with Gasteiger partial charge in [0.1, 0.15) is 0 Å². The molecule has 0 aromatic heterocycles. The van der Waals surface area contributed by atoms with Crippen molar-refractivity contribution in [1.29, 1.82) is 0 Å². The molecule has 0 fully saturated rings. The molecule has 0 rings (SSSR count). The Balaban J connectivity index is 3.23. The van der Waals surface area contributed by atoms with Crippen molar-refractivity contribution in [3.05, 3.63) is 0 Å². The molecule has 3 heteroatoms. The van der Waals surface area contributed by atoms with Gasteiger partial charge in [-0.25, -0.2) is 0 Å². The van der Waals surface area contributed by atoms with E-state index in [2.05, 4.69) is 26.1 Å². The molecule has 0 aliphatic heterocycles. The summed E-state index contributed by atoms with van der Waals surface area (Å²) in [4.78, 5) is 0. The Morgan fingerprint density at radius 2 is 1.79 bits per heavy atom.